The van der Waals surface area contributed by atoms with Crippen LogP contribution in [0.3, 0.4) is 0 Å². The Bertz CT molecular complexity index is 1040. The Labute approximate surface area is 177 Å². The van der Waals surface area contributed by atoms with Crippen molar-refractivity contribution in [3.8, 4) is 0 Å². The summed E-state index contributed by atoms with van der Waals surface area (Å²) < 4.78 is 8.87. The fourth-order valence-electron chi connectivity index (χ4n) is 2.36. The summed E-state index contributed by atoms with van der Waals surface area (Å²) in [7, 11) is 0. The number of benzene rings is 1. The molecular formula is C16H12Cl4N2O2S2. The molecule has 0 saturated heterocycles. The Balaban J connectivity index is 2.14. The zero-order chi connectivity index (χ0) is 18.8. The molecule has 0 saturated carbocycles. The molecule has 0 radical (unpaired) electrons. The molecule has 26 heavy (non-hydrogen) atoms. The van der Waals surface area contributed by atoms with Gasteiger partial charge in [-0.25, -0.2) is 0 Å². The fourth-order valence-corrected chi connectivity index (χ4v) is 5.64. The summed E-state index contributed by atoms with van der Waals surface area (Å²) in [5.74, 6) is -0.461. The number of ether oxygens (including phenoxy) is 1. The number of carbonyl (C=O) groups is 1. The molecule has 3 aromatic rings. The quantitative estimate of drug-likeness (QED) is 0.420. The van der Waals surface area contributed by atoms with Crippen LogP contribution in [0.15, 0.2) is 23.2 Å². The van der Waals surface area contributed by atoms with E-state index in [-0.39, 0.29) is 5.56 Å². The van der Waals surface area contributed by atoms with Gasteiger partial charge in [-0.15, -0.1) is 11.3 Å². The van der Waals surface area contributed by atoms with E-state index in [1.165, 1.54) is 17.4 Å². The summed E-state index contributed by atoms with van der Waals surface area (Å²) in [6, 6.07) is 4.97. The van der Waals surface area contributed by atoms with Crippen LogP contribution in [0.5, 0.6) is 0 Å². The topological polar surface area (TPSA) is 43.6 Å². The number of amides is 1. The monoisotopic (exact) mass is 468 g/mol. The van der Waals surface area contributed by atoms with Gasteiger partial charge < -0.3 is 9.30 Å². The second kappa shape index (κ2) is 8.61. The third-order valence-electron chi connectivity index (χ3n) is 3.44. The van der Waals surface area contributed by atoms with Gasteiger partial charge in [-0.3, -0.25) is 4.79 Å². The number of thiophene rings is 1. The van der Waals surface area contributed by atoms with E-state index in [1.54, 1.807) is 12.1 Å². The molecule has 0 N–H and O–H groups in total. The van der Waals surface area contributed by atoms with E-state index in [0.29, 0.717) is 43.3 Å². The van der Waals surface area contributed by atoms with Crippen LogP contribution < -0.4 is 4.80 Å². The van der Waals surface area contributed by atoms with Gasteiger partial charge in [0.2, 0.25) is 0 Å². The number of aromatic nitrogens is 1. The van der Waals surface area contributed by atoms with Crippen LogP contribution in [0.1, 0.15) is 17.3 Å². The minimum absolute atomic E-state index is 0.277. The van der Waals surface area contributed by atoms with Crippen molar-refractivity contribution in [2.45, 2.75) is 13.5 Å². The minimum Gasteiger partial charge on any atom is -0.380 e. The largest absolute Gasteiger partial charge is 0.380 e. The lowest BCUT2D eigenvalue weighted by Crippen LogP contribution is -2.20. The van der Waals surface area contributed by atoms with Crippen LogP contribution in [0, 0.1) is 0 Å². The normalized spacial score (nSPS) is 12.3. The number of carbonyl (C=O) groups excluding carboxylic acids is 1. The van der Waals surface area contributed by atoms with Crippen LogP contribution in [-0.4, -0.2) is 23.7 Å². The van der Waals surface area contributed by atoms with Crippen molar-refractivity contribution < 1.29 is 9.53 Å². The van der Waals surface area contributed by atoms with E-state index in [2.05, 4.69) is 4.99 Å². The molecule has 0 spiro atoms. The number of halogens is 4. The average Bonchev–Trinajstić information content (AvgIpc) is 3.07. The van der Waals surface area contributed by atoms with Gasteiger partial charge in [0.15, 0.2) is 4.80 Å². The van der Waals surface area contributed by atoms with Gasteiger partial charge in [0, 0.05) is 18.2 Å². The molecule has 0 aliphatic carbocycles. The van der Waals surface area contributed by atoms with E-state index >= 15 is 0 Å². The highest BCUT2D eigenvalue weighted by Gasteiger charge is 2.16. The minimum atomic E-state index is -0.461. The predicted octanol–water partition coefficient (Wildman–Crippen LogP) is 6.16. The van der Waals surface area contributed by atoms with Gasteiger partial charge in [0.05, 0.1) is 31.7 Å². The molecule has 1 amide bonds. The summed E-state index contributed by atoms with van der Waals surface area (Å²) in [5, 5.41) is 1.01. The van der Waals surface area contributed by atoms with E-state index in [0.717, 1.165) is 21.6 Å². The second-order valence-corrected chi connectivity index (χ2v) is 9.26. The molecule has 10 heteroatoms. The number of nitrogens with zero attached hydrogens (tertiary/aromatic N) is 2. The molecule has 4 nitrogen and oxygen atoms in total. The molecule has 0 bridgehead atoms. The van der Waals surface area contributed by atoms with Crippen molar-refractivity contribution in [1.82, 2.24) is 4.57 Å². The van der Waals surface area contributed by atoms with Gasteiger partial charge in [0.25, 0.3) is 5.91 Å². The SMILES string of the molecule is CCOCCn1c(=NC(=O)c2cc(Cl)sc2Cl)sc2cc(Cl)cc(Cl)c21. The summed E-state index contributed by atoms with van der Waals surface area (Å²) in [5.41, 5.74) is 1.04. The van der Waals surface area contributed by atoms with Crippen LogP contribution in [0.2, 0.25) is 18.7 Å². The van der Waals surface area contributed by atoms with Gasteiger partial charge in [0.1, 0.15) is 4.34 Å². The Hall–Kier alpha value is -0.600. The number of thiazole rings is 1. The van der Waals surface area contributed by atoms with Crippen LogP contribution >= 0.6 is 69.1 Å². The van der Waals surface area contributed by atoms with Gasteiger partial charge in [-0.2, -0.15) is 4.99 Å². The van der Waals surface area contributed by atoms with Gasteiger partial charge >= 0.3 is 0 Å². The summed E-state index contributed by atoms with van der Waals surface area (Å²) in [6.07, 6.45) is 0. The molecule has 0 atom stereocenters. The Morgan fingerprint density at radius 3 is 2.62 bits per heavy atom. The molecule has 3 rings (SSSR count). The lowest BCUT2D eigenvalue weighted by Gasteiger charge is -2.06. The first kappa shape index (κ1) is 20.1. The number of fused-ring (bicyclic) bond motifs is 1. The Morgan fingerprint density at radius 1 is 1.19 bits per heavy atom. The molecule has 2 aromatic heterocycles. The lowest BCUT2D eigenvalue weighted by molar-refractivity contribution is 0.0997. The maximum Gasteiger partial charge on any atom is 0.282 e. The van der Waals surface area contributed by atoms with Crippen molar-refractivity contribution in [3.05, 3.63) is 47.3 Å². The van der Waals surface area contributed by atoms with Crippen molar-refractivity contribution in [3.63, 3.8) is 0 Å². The van der Waals surface area contributed by atoms with Crippen LogP contribution in [0.4, 0.5) is 0 Å². The third-order valence-corrected chi connectivity index (χ3v) is 6.46. The first-order valence-corrected chi connectivity index (χ1v) is 10.6. The summed E-state index contributed by atoms with van der Waals surface area (Å²) in [4.78, 5) is 17.3. The molecule has 0 fully saturated rings. The molecule has 1 aromatic carbocycles. The van der Waals surface area contributed by atoms with Crippen molar-refractivity contribution >= 4 is 85.2 Å². The van der Waals surface area contributed by atoms with E-state index in [9.17, 15) is 4.79 Å². The van der Waals surface area contributed by atoms with Crippen molar-refractivity contribution in [2.24, 2.45) is 4.99 Å². The predicted molar refractivity (Wildman–Crippen MR) is 111 cm³/mol. The zero-order valence-electron chi connectivity index (χ0n) is 13.4. The smallest absolute Gasteiger partial charge is 0.282 e. The highest BCUT2D eigenvalue weighted by molar-refractivity contribution is 7.20. The lowest BCUT2D eigenvalue weighted by atomic mass is 10.3. The third kappa shape index (κ3) is 4.28. The first-order chi connectivity index (χ1) is 12.4. The number of rotatable bonds is 5. The Kier molecular flexibility index (Phi) is 6.67. The maximum atomic E-state index is 12.6. The maximum absolute atomic E-state index is 12.6. The highest BCUT2D eigenvalue weighted by Crippen LogP contribution is 2.32. The van der Waals surface area contributed by atoms with E-state index < -0.39 is 5.91 Å². The van der Waals surface area contributed by atoms with Gasteiger partial charge in [-0.05, 0) is 25.1 Å². The first-order valence-electron chi connectivity index (χ1n) is 7.50. The van der Waals surface area contributed by atoms with Crippen LogP contribution in [-0.2, 0) is 11.3 Å². The van der Waals surface area contributed by atoms with Crippen molar-refractivity contribution in [2.75, 3.05) is 13.2 Å². The van der Waals surface area contributed by atoms with E-state index in [4.69, 9.17) is 51.1 Å². The number of hydrogen-bond donors (Lipinski definition) is 0. The fraction of sp³-hybridized carbons (Fsp3) is 0.250. The molecule has 2 heterocycles. The molecule has 0 aliphatic rings. The average molecular weight is 470 g/mol. The Morgan fingerprint density at radius 2 is 1.96 bits per heavy atom. The van der Waals surface area contributed by atoms with Crippen molar-refractivity contribution in [1.29, 1.82) is 0 Å². The molecule has 0 unspecified atom stereocenters. The zero-order valence-corrected chi connectivity index (χ0v) is 18.0. The molecule has 138 valence electrons. The van der Waals surface area contributed by atoms with Gasteiger partial charge in [-0.1, -0.05) is 57.7 Å². The molecular weight excluding hydrogens is 458 g/mol. The standard InChI is InChI=1S/C16H12Cl4N2O2S2/c1-2-24-4-3-22-13-10(18)5-8(17)6-11(13)25-16(22)21-15(23)9-7-12(19)26-14(9)20/h5-7H,2-4H2,1H3. The summed E-state index contributed by atoms with van der Waals surface area (Å²) in [6.45, 7) is 3.48. The number of hydrogen-bond acceptors (Lipinski definition) is 4. The van der Waals surface area contributed by atoms with Crippen LogP contribution in [0.25, 0.3) is 10.2 Å². The highest BCUT2D eigenvalue weighted by atomic mass is 35.5. The second-order valence-electron chi connectivity index (χ2n) is 5.12. The summed E-state index contributed by atoms with van der Waals surface area (Å²) >= 11 is 26.9. The van der Waals surface area contributed by atoms with E-state index in [1.807, 2.05) is 11.5 Å². The molecule has 0 aliphatic heterocycles.